The fraction of sp³-hybridized carbons (Fsp3) is 0.381. The zero-order valence-corrected chi connectivity index (χ0v) is 19.3. The van der Waals surface area contributed by atoms with E-state index in [0.717, 1.165) is 29.4 Å². The Bertz CT molecular complexity index is 753. The van der Waals surface area contributed by atoms with Gasteiger partial charge in [0.1, 0.15) is 12.4 Å². The number of ether oxygens (including phenoxy) is 3. The van der Waals surface area contributed by atoms with E-state index in [4.69, 9.17) is 14.2 Å². The largest absolute Gasteiger partial charge is 0.493 e. The van der Waals surface area contributed by atoms with E-state index in [1.54, 1.807) is 14.2 Å². The Labute approximate surface area is 184 Å². The molecule has 2 aromatic rings. The summed E-state index contributed by atoms with van der Waals surface area (Å²) in [7, 11) is 3.26. The molecule has 0 amide bonds. The summed E-state index contributed by atoms with van der Waals surface area (Å²) in [4.78, 5) is 4.62. The van der Waals surface area contributed by atoms with Crippen molar-refractivity contribution in [3.8, 4) is 17.2 Å². The van der Waals surface area contributed by atoms with E-state index in [2.05, 4.69) is 15.6 Å². The third-order valence-electron chi connectivity index (χ3n) is 3.96. The molecule has 0 heterocycles. The molecule has 0 unspecified atom stereocenters. The molecule has 154 valence electrons. The van der Waals surface area contributed by atoms with Crippen LogP contribution in [-0.4, -0.2) is 39.9 Å². The Kier molecular flexibility index (Phi) is 11.2. The van der Waals surface area contributed by atoms with E-state index in [1.165, 1.54) is 0 Å². The van der Waals surface area contributed by atoms with Crippen molar-refractivity contribution in [1.82, 2.24) is 10.6 Å². The number of nitrogens with zero attached hydrogens (tertiary/aromatic N) is 1. The Morgan fingerprint density at radius 1 is 0.964 bits per heavy atom. The van der Waals surface area contributed by atoms with Crippen LogP contribution >= 0.6 is 24.0 Å². The molecule has 2 N–H and O–H groups in total. The van der Waals surface area contributed by atoms with E-state index in [-0.39, 0.29) is 24.0 Å². The van der Waals surface area contributed by atoms with Crippen molar-refractivity contribution in [1.29, 1.82) is 0 Å². The monoisotopic (exact) mass is 499 g/mol. The molecule has 0 radical (unpaired) electrons. The first-order valence-electron chi connectivity index (χ1n) is 9.09. The Morgan fingerprint density at radius 3 is 2.39 bits per heavy atom. The number of benzene rings is 2. The van der Waals surface area contributed by atoms with Gasteiger partial charge in [0.15, 0.2) is 17.5 Å². The number of guanidine groups is 1. The predicted octanol–water partition coefficient (Wildman–Crippen LogP) is 3.76. The first kappa shape index (κ1) is 23.9. The second-order valence-corrected chi connectivity index (χ2v) is 5.93. The summed E-state index contributed by atoms with van der Waals surface area (Å²) in [6.45, 7) is 6.62. The van der Waals surface area contributed by atoms with Crippen LogP contribution in [0.25, 0.3) is 0 Å². The number of halogens is 1. The van der Waals surface area contributed by atoms with Crippen LogP contribution in [0.2, 0.25) is 0 Å². The maximum atomic E-state index is 5.81. The highest BCUT2D eigenvalue weighted by Gasteiger charge is 2.05. The molecule has 0 bridgehead atoms. The van der Waals surface area contributed by atoms with Crippen molar-refractivity contribution in [3.05, 3.63) is 53.6 Å². The van der Waals surface area contributed by atoms with Crippen molar-refractivity contribution >= 4 is 29.9 Å². The number of aliphatic imine (C=N–C) groups is 1. The number of methoxy groups -OCH3 is 2. The molecule has 0 aromatic heterocycles. The van der Waals surface area contributed by atoms with Gasteiger partial charge in [0.2, 0.25) is 0 Å². The van der Waals surface area contributed by atoms with Gasteiger partial charge in [-0.2, -0.15) is 0 Å². The van der Waals surface area contributed by atoms with Crippen LogP contribution < -0.4 is 24.8 Å². The molecular formula is C21H30IN3O3. The molecule has 7 heteroatoms. The van der Waals surface area contributed by atoms with Gasteiger partial charge >= 0.3 is 0 Å². The number of rotatable bonds is 9. The van der Waals surface area contributed by atoms with Crippen LogP contribution in [0.3, 0.4) is 0 Å². The van der Waals surface area contributed by atoms with Crippen molar-refractivity contribution in [2.45, 2.75) is 20.4 Å². The minimum absolute atomic E-state index is 0. The minimum Gasteiger partial charge on any atom is -0.493 e. The van der Waals surface area contributed by atoms with Crippen LogP contribution in [-0.2, 0) is 6.54 Å². The van der Waals surface area contributed by atoms with E-state index in [9.17, 15) is 0 Å². The van der Waals surface area contributed by atoms with Gasteiger partial charge < -0.3 is 24.8 Å². The second kappa shape index (κ2) is 13.1. The maximum Gasteiger partial charge on any atom is 0.191 e. The molecule has 0 aliphatic rings. The lowest BCUT2D eigenvalue weighted by atomic mass is 10.2. The fourth-order valence-electron chi connectivity index (χ4n) is 2.54. The highest BCUT2D eigenvalue weighted by atomic mass is 127. The molecular weight excluding hydrogens is 469 g/mol. The number of nitrogens with one attached hydrogen (secondary N) is 2. The van der Waals surface area contributed by atoms with Crippen molar-refractivity contribution < 1.29 is 14.2 Å². The van der Waals surface area contributed by atoms with Gasteiger partial charge in [-0.05, 0) is 43.2 Å². The lowest BCUT2D eigenvalue weighted by molar-refractivity contribution is 0.320. The second-order valence-electron chi connectivity index (χ2n) is 5.93. The summed E-state index contributed by atoms with van der Waals surface area (Å²) in [6.07, 6.45) is 0. The van der Waals surface area contributed by atoms with Crippen LogP contribution in [0.5, 0.6) is 17.2 Å². The van der Waals surface area contributed by atoms with E-state index in [1.807, 2.05) is 56.3 Å². The van der Waals surface area contributed by atoms with Crippen LogP contribution in [0, 0.1) is 6.92 Å². The molecule has 0 atom stereocenters. The van der Waals surface area contributed by atoms with E-state index >= 15 is 0 Å². The predicted molar refractivity (Wildman–Crippen MR) is 124 cm³/mol. The molecule has 0 spiro atoms. The summed E-state index contributed by atoms with van der Waals surface area (Å²) in [5.74, 6) is 3.07. The summed E-state index contributed by atoms with van der Waals surface area (Å²) in [6, 6.07) is 13.8. The van der Waals surface area contributed by atoms with Crippen molar-refractivity contribution in [3.63, 3.8) is 0 Å². The smallest absolute Gasteiger partial charge is 0.191 e. The summed E-state index contributed by atoms with van der Waals surface area (Å²) >= 11 is 0. The number of hydrogen-bond acceptors (Lipinski definition) is 4. The van der Waals surface area contributed by atoms with Crippen LogP contribution in [0.15, 0.2) is 47.5 Å². The first-order valence-corrected chi connectivity index (χ1v) is 9.09. The van der Waals surface area contributed by atoms with Gasteiger partial charge in [-0.25, -0.2) is 4.99 Å². The Balaban J connectivity index is 0.00000392. The molecule has 28 heavy (non-hydrogen) atoms. The normalized spacial score (nSPS) is 10.6. The van der Waals surface area contributed by atoms with Gasteiger partial charge in [0.25, 0.3) is 0 Å². The lowest BCUT2D eigenvalue weighted by Crippen LogP contribution is -2.39. The van der Waals surface area contributed by atoms with E-state index in [0.29, 0.717) is 31.2 Å². The third kappa shape index (κ3) is 7.46. The van der Waals surface area contributed by atoms with Gasteiger partial charge in [0, 0.05) is 6.54 Å². The zero-order chi connectivity index (χ0) is 19.5. The Hall–Kier alpha value is -2.16. The zero-order valence-electron chi connectivity index (χ0n) is 17.0. The molecule has 6 nitrogen and oxygen atoms in total. The Morgan fingerprint density at radius 2 is 1.71 bits per heavy atom. The lowest BCUT2D eigenvalue weighted by Gasteiger charge is -2.13. The first-order chi connectivity index (χ1) is 13.2. The number of hydrogen-bond donors (Lipinski definition) is 2. The van der Waals surface area contributed by atoms with Crippen molar-refractivity contribution in [2.24, 2.45) is 4.99 Å². The van der Waals surface area contributed by atoms with Crippen LogP contribution in [0.1, 0.15) is 18.1 Å². The SMILES string of the molecule is CCNC(=NCc1ccc(OC)c(OC)c1)NCCOc1ccccc1C.I. The molecule has 0 aliphatic carbocycles. The topological polar surface area (TPSA) is 64.1 Å². The molecule has 2 rings (SSSR count). The van der Waals surface area contributed by atoms with Crippen molar-refractivity contribution in [2.75, 3.05) is 33.9 Å². The number of para-hydroxylation sites is 1. The summed E-state index contributed by atoms with van der Waals surface area (Å²) < 4.78 is 16.4. The molecule has 0 fully saturated rings. The quantitative estimate of drug-likeness (QED) is 0.238. The molecule has 2 aromatic carbocycles. The summed E-state index contributed by atoms with van der Waals surface area (Å²) in [5, 5.41) is 6.53. The van der Waals surface area contributed by atoms with Crippen LogP contribution in [0.4, 0.5) is 0 Å². The van der Waals surface area contributed by atoms with Gasteiger partial charge in [-0.1, -0.05) is 24.3 Å². The van der Waals surface area contributed by atoms with Gasteiger partial charge in [-0.3, -0.25) is 0 Å². The highest BCUT2D eigenvalue weighted by Crippen LogP contribution is 2.27. The number of aryl methyl sites for hydroxylation is 1. The molecule has 0 saturated carbocycles. The average molecular weight is 499 g/mol. The third-order valence-corrected chi connectivity index (χ3v) is 3.96. The van der Waals surface area contributed by atoms with E-state index < -0.39 is 0 Å². The van der Waals surface area contributed by atoms with Gasteiger partial charge in [-0.15, -0.1) is 24.0 Å². The fourth-order valence-corrected chi connectivity index (χ4v) is 2.54. The minimum atomic E-state index is 0. The maximum absolute atomic E-state index is 5.81. The molecule has 0 saturated heterocycles. The average Bonchev–Trinajstić information content (AvgIpc) is 2.70. The highest BCUT2D eigenvalue weighted by molar-refractivity contribution is 14.0. The summed E-state index contributed by atoms with van der Waals surface area (Å²) in [5.41, 5.74) is 2.17. The van der Waals surface area contributed by atoms with Gasteiger partial charge in [0.05, 0.1) is 27.3 Å². The standard InChI is InChI=1S/C21H29N3O3.HI/c1-5-22-21(23-12-13-27-18-9-7-6-8-16(18)2)24-15-17-10-11-19(25-3)20(14-17)26-4;/h6-11,14H,5,12-13,15H2,1-4H3,(H2,22,23,24);1H. The molecule has 0 aliphatic heterocycles.